The molecule has 0 spiro atoms. The van der Waals surface area contributed by atoms with Crippen LogP contribution in [0.5, 0.6) is 0 Å². The van der Waals surface area contributed by atoms with Gasteiger partial charge < -0.3 is 10.2 Å². The maximum absolute atomic E-state index is 12.7. The first-order chi connectivity index (χ1) is 5.67. The molecule has 2 aliphatic heterocycles. The summed E-state index contributed by atoms with van der Waals surface area (Å²) in [5, 5.41) is 2.06. The molecule has 0 aromatic heterocycles. The fourth-order valence-electron chi connectivity index (χ4n) is 1.69. The van der Waals surface area contributed by atoms with E-state index < -0.39 is 8.25 Å². The van der Waals surface area contributed by atoms with Gasteiger partial charge in [-0.1, -0.05) is 0 Å². The standard InChI is InChI=1S/C6H11FNO3P/c7-12(9)10-4-5-6(11-12)2-1-3-8-5/h5-6,8H,1-4H2/p+1/t5-,6+,12?/m1/s1. The highest BCUT2D eigenvalue weighted by Gasteiger charge is 2.48. The molecule has 3 atom stereocenters. The third kappa shape index (κ3) is 1.75. The van der Waals surface area contributed by atoms with Crippen molar-refractivity contribution in [1.29, 1.82) is 0 Å². The van der Waals surface area contributed by atoms with Gasteiger partial charge in [0.25, 0.3) is 0 Å². The number of rotatable bonds is 0. The lowest BCUT2D eigenvalue weighted by Crippen LogP contribution is -2.95. The van der Waals surface area contributed by atoms with Crippen LogP contribution >= 0.6 is 8.25 Å². The fraction of sp³-hybridized carbons (Fsp3) is 1.00. The smallest absolute Gasteiger partial charge is 0.439 e. The first-order valence-electron chi connectivity index (χ1n) is 4.13. The zero-order valence-corrected chi connectivity index (χ0v) is 7.50. The Morgan fingerprint density at radius 1 is 1.58 bits per heavy atom. The van der Waals surface area contributed by atoms with Crippen LogP contribution in [0.4, 0.5) is 4.20 Å². The van der Waals surface area contributed by atoms with Crippen LogP contribution in [0.15, 0.2) is 0 Å². The summed E-state index contributed by atoms with van der Waals surface area (Å²) in [7, 11) is -4.20. The number of hydrogen-bond donors (Lipinski definition) is 1. The second-order valence-corrected chi connectivity index (χ2v) is 4.53. The van der Waals surface area contributed by atoms with Gasteiger partial charge in [0.05, 0.1) is 6.54 Å². The van der Waals surface area contributed by atoms with E-state index in [9.17, 15) is 9.09 Å². The predicted molar refractivity (Wildman–Crippen MR) is 38.7 cm³/mol. The normalized spacial score (nSPS) is 48.5. The zero-order valence-electron chi connectivity index (χ0n) is 6.61. The van der Waals surface area contributed by atoms with Crippen molar-refractivity contribution in [1.82, 2.24) is 0 Å². The minimum atomic E-state index is -4.20. The van der Waals surface area contributed by atoms with Crippen molar-refractivity contribution in [2.24, 2.45) is 0 Å². The number of piperidine rings is 1. The summed E-state index contributed by atoms with van der Waals surface area (Å²) in [4.78, 5) is 10.8. The van der Waals surface area contributed by atoms with Gasteiger partial charge in [-0.3, -0.25) is 0 Å². The third-order valence-corrected chi connectivity index (χ3v) is 3.30. The molecule has 0 aromatic carbocycles. The average molecular weight is 196 g/mol. The van der Waals surface area contributed by atoms with Crippen molar-refractivity contribution in [2.45, 2.75) is 25.0 Å². The molecule has 0 amide bonds. The highest BCUT2D eigenvalue weighted by Crippen LogP contribution is 2.58. The van der Waals surface area contributed by atoms with Crippen molar-refractivity contribution in [3.8, 4) is 0 Å². The number of halogens is 1. The minimum Gasteiger partial charge on any atom is -0.601 e. The van der Waals surface area contributed by atoms with E-state index >= 15 is 0 Å². The van der Waals surface area contributed by atoms with E-state index in [1.54, 1.807) is 0 Å². The number of nitrogens with two attached hydrogens (primary N) is 1. The largest absolute Gasteiger partial charge is 0.601 e. The van der Waals surface area contributed by atoms with Crippen molar-refractivity contribution >= 4 is 8.25 Å². The van der Waals surface area contributed by atoms with Gasteiger partial charge in [0, 0.05) is 4.20 Å². The lowest BCUT2D eigenvalue weighted by atomic mass is 10.0. The Kier molecular flexibility index (Phi) is 2.31. The SMILES string of the molecule is [O-][P+]1(F)OC[C@H]2[NH2+]CCC[C@@H]2O1. The molecule has 0 radical (unpaired) electrons. The molecular formula is C6H12FNO3P+. The number of hydrogen-bond acceptors (Lipinski definition) is 3. The van der Waals surface area contributed by atoms with Gasteiger partial charge in [-0.25, -0.2) is 0 Å². The summed E-state index contributed by atoms with van der Waals surface area (Å²) in [6.45, 7) is 1.23. The van der Waals surface area contributed by atoms with E-state index in [0.29, 0.717) is 0 Å². The summed E-state index contributed by atoms with van der Waals surface area (Å²) in [5.41, 5.74) is 0. The maximum Gasteiger partial charge on any atom is 0.439 e. The first-order valence-corrected chi connectivity index (χ1v) is 5.57. The van der Waals surface area contributed by atoms with Crippen LogP contribution in [0.3, 0.4) is 0 Å². The Bertz CT molecular complexity index is 180. The van der Waals surface area contributed by atoms with Gasteiger partial charge in [-0.15, -0.1) is 0 Å². The molecule has 2 N–H and O–H groups in total. The monoisotopic (exact) mass is 196 g/mol. The van der Waals surface area contributed by atoms with Crippen LogP contribution in [-0.4, -0.2) is 25.3 Å². The predicted octanol–water partition coefficient (Wildman–Crippen LogP) is -0.865. The molecule has 0 aliphatic carbocycles. The van der Waals surface area contributed by atoms with Crippen LogP contribution in [0, 0.1) is 0 Å². The number of fused-ring (bicyclic) bond motifs is 1. The van der Waals surface area contributed by atoms with Crippen LogP contribution < -0.4 is 10.2 Å². The van der Waals surface area contributed by atoms with E-state index in [4.69, 9.17) is 4.52 Å². The second-order valence-electron chi connectivity index (χ2n) is 3.20. The topological polar surface area (TPSA) is 58.1 Å². The minimum absolute atomic E-state index is 0.136. The van der Waals surface area contributed by atoms with Crippen molar-refractivity contribution in [3.05, 3.63) is 0 Å². The summed E-state index contributed by atoms with van der Waals surface area (Å²) in [6, 6.07) is 0.136. The van der Waals surface area contributed by atoms with Gasteiger partial charge in [0.1, 0.15) is 6.04 Å². The van der Waals surface area contributed by atoms with Crippen molar-refractivity contribution < 1.29 is 23.5 Å². The Hall–Kier alpha value is 0.200. The lowest BCUT2D eigenvalue weighted by molar-refractivity contribution is -0.708. The van der Waals surface area contributed by atoms with E-state index in [-0.39, 0.29) is 18.8 Å². The van der Waals surface area contributed by atoms with Gasteiger partial charge in [-0.05, 0) is 12.8 Å². The Morgan fingerprint density at radius 2 is 2.42 bits per heavy atom. The first kappa shape index (κ1) is 8.78. The molecule has 0 saturated carbocycles. The van der Waals surface area contributed by atoms with Crippen LogP contribution in [0.1, 0.15) is 12.8 Å². The van der Waals surface area contributed by atoms with Crippen LogP contribution in [0.25, 0.3) is 0 Å². The summed E-state index contributed by atoms with van der Waals surface area (Å²) in [6.07, 6.45) is 1.56. The van der Waals surface area contributed by atoms with Crippen molar-refractivity contribution in [2.75, 3.05) is 13.2 Å². The van der Waals surface area contributed by atoms with Gasteiger partial charge >= 0.3 is 8.25 Å². The second kappa shape index (κ2) is 3.16. The van der Waals surface area contributed by atoms with E-state index in [2.05, 4.69) is 9.84 Å². The molecule has 70 valence electrons. The molecule has 2 heterocycles. The van der Waals surface area contributed by atoms with Crippen LogP contribution in [-0.2, 0) is 9.05 Å². The molecule has 6 heteroatoms. The average Bonchev–Trinajstić information content (AvgIpc) is 2.02. The molecule has 1 unspecified atom stereocenters. The quantitative estimate of drug-likeness (QED) is 0.512. The molecule has 2 aliphatic rings. The van der Waals surface area contributed by atoms with Gasteiger partial charge in [0.15, 0.2) is 12.7 Å². The molecule has 12 heavy (non-hydrogen) atoms. The van der Waals surface area contributed by atoms with Gasteiger partial charge in [0.2, 0.25) is 0 Å². The highest BCUT2D eigenvalue weighted by atomic mass is 31.3. The molecule has 2 fully saturated rings. The Labute approximate surface area is 70.8 Å². The lowest BCUT2D eigenvalue weighted by Gasteiger charge is -2.34. The Balaban J connectivity index is 1.99. The maximum atomic E-state index is 12.7. The molecular weight excluding hydrogens is 184 g/mol. The zero-order chi connectivity index (χ0) is 8.60. The summed E-state index contributed by atoms with van der Waals surface area (Å²) >= 11 is 0. The Morgan fingerprint density at radius 3 is 3.25 bits per heavy atom. The molecule has 4 nitrogen and oxygen atoms in total. The molecule has 0 aromatic rings. The van der Waals surface area contributed by atoms with E-state index in [1.807, 2.05) is 0 Å². The van der Waals surface area contributed by atoms with Gasteiger partial charge in [-0.2, -0.15) is 9.05 Å². The molecule has 0 bridgehead atoms. The van der Waals surface area contributed by atoms with Crippen molar-refractivity contribution in [3.63, 3.8) is 0 Å². The molecule has 2 saturated heterocycles. The fourth-order valence-corrected chi connectivity index (χ4v) is 2.69. The summed E-state index contributed by atoms with van der Waals surface area (Å²) < 4.78 is 21.9. The molecule has 2 rings (SSSR count). The van der Waals surface area contributed by atoms with Crippen LogP contribution in [0.2, 0.25) is 0 Å². The van der Waals surface area contributed by atoms with E-state index in [1.165, 1.54) is 0 Å². The summed E-state index contributed by atoms with van der Waals surface area (Å²) in [5.74, 6) is 0. The number of quaternary nitrogens is 1. The third-order valence-electron chi connectivity index (χ3n) is 2.32. The van der Waals surface area contributed by atoms with E-state index in [0.717, 1.165) is 19.4 Å². The highest BCUT2D eigenvalue weighted by molar-refractivity contribution is 7.53.